The first-order valence-corrected chi connectivity index (χ1v) is 6.96. The zero-order chi connectivity index (χ0) is 13.5. The Balaban J connectivity index is 2.56. The fourth-order valence-corrected chi connectivity index (χ4v) is 1.99. The lowest BCUT2D eigenvalue weighted by atomic mass is 10.2. The van der Waals surface area contributed by atoms with Crippen molar-refractivity contribution < 1.29 is 0 Å². The summed E-state index contributed by atoms with van der Waals surface area (Å²) in [7, 11) is 0. The Morgan fingerprint density at radius 1 is 1.22 bits per heavy atom. The molecular weight excluding hydrogens is 222 g/mol. The average molecular weight is 249 g/mol. The van der Waals surface area contributed by atoms with Crippen LogP contribution in [0.15, 0.2) is 18.3 Å². The van der Waals surface area contributed by atoms with E-state index < -0.39 is 0 Å². The predicted molar refractivity (Wildman–Crippen MR) is 78.9 cm³/mol. The second kappa shape index (κ2) is 7.37. The lowest BCUT2D eigenvalue weighted by molar-refractivity contribution is 0.552. The minimum atomic E-state index is 0.493. The van der Waals surface area contributed by atoms with E-state index in [1.807, 2.05) is 6.20 Å². The normalized spacial score (nSPS) is 11.3. The molecule has 0 bridgehead atoms. The molecule has 0 aliphatic heterocycles. The number of rotatable bonds is 7. The number of aromatic nitrogens is 1. The number of nitrogens with zero attached hydrogens (tertiary/aromatic N) is 2. The van der Waals surface area contributed by atoms with Crippen LogP contribution in [-0.2, 0) is 6.54 Å². The molecule has 18 heavy (non-hydrogen) atoms. The van der Waals surface area contributed by atoms with Gasteiger partial charge < -0.3 is 10.2 Å². The zero-order valence-electron chi connectivity index (χ0n) is 12.4. The van der Waals surface area contributed by atoms with Crippen LogP contribution in [0.5, 0.6) is 0 Å². The van der Waals surface area contributed by atoms with Crippen molar-refractivity contribution in [1.82, 2.24) is 10.3 Å². The highest BCUT2D eigenvalue weighted by Crippen LogP contribution is 2.14. The molecule has 0 amide bonds. The van der Waals surface area contributed by atoms with Gasteiger partial charge in [-0.05, 0) is 44.9 Å². The molecule has 1 aromatic heterocycles. The van der Waals surface area contributed by atoms with Gasteiger partial charge in [-0.2, -0.15) is 0 Å². The van der Waals surface area contributed by atoms with E-state index in [0.717, 1.165) is 25.5 Å². The number of nitrogens with one attached hydrogen (secondary N) is 1. The van der Waals surface area contributed by atoms with E-state index in [1.54, 1.807) is 0 Å². The highest BCUT2D eigenvalue weighted by Gasteiger charge is 2.08. The lowest BCUT2D eigenvalue weighted by Gasteiger charge is -2.26. The molecule has 3 heteroatoms. The fraction of sp³-hybridized carbons (Fsp3) is 0.667. The Labute approximate surface area is 112 Å². The van der Waals surface area contributed by atoms with Crippen molar-refractivity contribution in [2.75, 3.05) is 18.0 Å². The molecule has 0 aliphatic carbocycles. The summed E-state index contributed by atoms with van der Waals surface area (Å²) < 4.78 is 0. The van der Waals surface area contributed by atoms with E-state index in [1.165, 1.54) is 5.56 Å². The van der Waals surface area contributed by atoms with E-state index in [2.05, 4.69) is 62.0 Å². The molecule has 0 unspecified atom stereocenters. The van der Waals surface area contributed by atoms with Crippen molar-refractivity contribution in [1.29, 1.82) is 0 Å². The molecule has 0 spiro atoms. The summed E-state index contributed by atoms with van der Waals surface area (Å²) in [6.45, 7) is 13.9. The Morgan fingerprint density at radius 2 is 1.94 bits per heavy atom. The second-order valence-corrected chi connectivity index (χ2v) is 5.43. The van der Waals surface area contributed by atoms with Gasteiger partial charge in [-0.3, -0.25) is 0 Å². The van der Waals surface area contributed by atoms with Crippen LogP contribution in [0.1, 0.15) is 40.2 Å². The molecule has 0 atom stereocenters. The highest BCUT2D eigenvalue weighted by atomic mass is 15.2. The maximum absolute atomic E-state index is 4.55. The van der Waals surface area contributed by atoms with E-state index >= 15 is 0 Å². The third kappa shape index (κ3) is 4.65. The molecule has 1 N–H and O–H groups in total. The van der Waals surface area contributed by atoms with E-state index in [9.17, 15) is 0 Å². The third-order valence-corrected chi connectivity index (χ3v) is 2.95. The Bertz CT molecular complexity index is 330. The Morgan fingerprint density at radius 3 is 2.39 bits per heavy atom. The van der Waals surface area contributed by atoms with Crippen molar-refractivity contribution >= 4 is 5.82 Å². The maximum Gasteiger partial charge on any atom is 0.128 e. The highest BCUT2D eigenvalue weighted by molar-refractivity contribution is 5.40. The summed E-state index contributed by atoms with van der Waals surface area (Å²) in [6.07, 6.45) is 1.98. The van der Waals surface area contributed by atoms with Gasteiger partial charge in [0, 0.05) is 25.3 Å². The van der Waals surface area contributed by atoms with Crippen LogP contribution in [0.3, 0.4) is 0 Å². The van der Waals surface area contributed by atoms with Gasteiger partial charge in [0.2, 0.25) is 0 Å². The third-order valence-electron chi connectivity index (χ3n) is 2.95. The standard InChI is InChI=1S/C15H27N3/c1-6-18(13(4)5)15-8-7-14(11-17-15)10-16-9-12(2)3/h7-8,11-13,16H,6,9-10H2,1-5H3. The minimum absolute atomic E-state index is 0.493. The van der Waals surface area contributed by atoms with Crippen LogP contribution in [0.4, 0.5) is 5.82 Å². The van der Waals surface area contributed by atoms with E-state index in [0.29, 0.717) is 12.0 Å². The Hall–Kier alpha value is -1.09. The topological polar surface area (TPSA) is 28.2 Å². The first kappa shape index (κ1) is 15.0. The monoisotopic (exact) mass is 249 g/mol. The first-order valence-electron chi connectivity index (χ1n) is 6.96. The number of pyridine rings is 1. The average Bonchev–Trinajstić information content (AvgIpc) is 2.31. The maximum atomic E-state index is 4.55. The molecule has 0 saturated heterocycles. The van der Waals surface area contributed by atoms with Gasteiger partial charge in [-0.15, -0.1) is 0 Å². The number of anilines is 1. The van der Waals surface area contributed by atoms with Crippen LogP contribution in [0, 0.1) is 5.92 Å². The summed E-state index contributed by atoms with van der Waals surface area (Å²) in [5, 5.41) is 3.43. The van der Waals surface area contributed by atoms with Crippen molar-refractivity contribution in [2.24, 2.45) is 5.92 Å². The van der Waals surface area contributed by atoms with Crippen LogP contribution in [0.2, 0.25) is 0 Å². The zero-order valence-corrected chi connectivity index (χ0v) is 12.4. The van der Waals surface area contributed by atoms with Gasteiger partial charge in [0.1, 0.15) is 5.82 Å². The Kier molecular flexibility index (Phi) is 6.13. The fourth-order valence-electron chi connectivity index (χ4n) is 1.99. The van der Waals surface area contributed by atoms with Crippen molar-refractivity contribution in [3.8, 4) is 0 Å². The lowest BCUT2D eigenvalue weighted by Crippen LogP contribution is -2.31. The molecule has 0 aromatic carbocycles. The van der Waals surface area contributed by atoms with Gasteiger partial charge >= 0.3 is 0 Å². The van der Waals surface area contributed by atoms with Crippen LogP contribution in [-0.4, -0.2) is 24.1 Å². The predicted octanol–water partition coefficient (Wildman–Crippen LogP) is 3.06. The van der Waals surface area contributed by atoms with Crippen molar-refractivity contribution in [2.45, 2.75) is 47.2 Å². The summed E-state index contributed by atoms with van der Waals surface area (Å²) in [5.74, 6) is 1.76. The molecule has 1 heterocycles. The molecule has 1 aromatic rings. The largest absolute Gasteiger partial charge is 0.354 e. The SMILES string of the molecule is CCN(c1ccc(CNCC(C)C)cn1)C(C)C. The van der Waals surface area contributed by atoms with E-state index in [4.69, 9.17) is 0 Å². The summed E-state index contributed by atoms with van der Waals surface area (Å²) in [4.78, 5) is 6.85. The molecule has 0 fully saturated rings. The number of hydrogen-bond acceptors (Lipinski definition) is 3. The second-order valence-electron chi connectivity index (χ2n) is 5.43. The molecular formula is C15H27N3. The molecule has 0 saturated carbocycles. The minimum Gasteiger partial charge on any atom is -0.354 e. The summed E-state index contributed by atoms with van der Waals surface area (Å²) in [6, 6.07) is 4.78. The van der Waals surface area contributed by atoms with Gasteiger partial charge in [0.15, 0.2) is 0 Å². The van der Waals surface area contributed by atoms with Gasteiger partial charge in [0.25, 0.3) is 0 Å². The van der Waals surface area contributed by atoms with Crippen LogP contribution in [0.25, 0.3) is 0 Å². The summed E-state index contributed by atoms with van der Waals surface area (Å²) >= 11 is 0. The van der Waals surface area contributed by atoms with E-state index in [-0.39, 0.29) is 0 Å². The van der Waals surface area contributed by atoms with Crippen LogP contribution < -0.4 is 10.2 Å². The molecule has 0 aliphatic rings. The van der Waals surface area contributed by atoms with Gasteiger partial charge in [0.05, 0.1) is 0 Å². The first-order chi connectivity index (χ1) is 8.54. The quantitative estimate of drug-likeness (QED) is 0.805. The van der Waals surface area contributed by atoms with Crippen molar-refractivity contribution in [3.63, 3.8) is 0 Å². The molecule has 102 valence electrons. The molecule has 3 nitrogen and oxygen atoms in total. The van der Waals surface area contributed by atoms with Gasteiger partial charge in [-0.25, -0.2) is 4.98 Å². The van der Waals surface area contributed by atoms with Crippen LogP contribution >= 0.6 is 0 Å². The van der Waals surface area contributed by atoms with Gasteiger partial charge in [-0.1, -0.05) is 19.9 Å². The summed E-state index contributed by atoms with van der Waals surface area (Å²) in [5.41, 5.74) is 1.25. The molecule has 1 rings (SSSR count). The van der Waals surface area contributed by atoms with Crippen molar-refractivity contribution in [3.05, 3.63) is 23.9 Å². The molecule has 0 radical (unpaired) electrons. The smallest absolute Gasteiger partial charge is 0.128 e. The number of hydrogen-bond donors (Lipinski definition) is 1.